The second-order valence-electron chi connectivity index (χ2n) is 6.35. The molecule has 2 aromatic carbocycles. The molecule has 0 saturated carbocycles. The average molecular weight is 435 g/mol. The molecule has 162 valence electrons. The van der Waals surface area contributed by atoms with Crippen molar-refractivity contribution < 1.29 is 9.59 Å². The lowest BCUT2D eigenvalue weighted by atomic mass is 10.2. The largest absolute Gasteiger partial charge is 0.318 e. The summed E-state index contributed by atoms with van der Waals surface area (Å²) in [6, 6.07) is 21.1. The van der Waals surface area contributed by atoms with E-state index >= 15 is 0 Å². The maximum atomic E-state index is 12.8. The second kappa shape index (κ2) is 11.4. The average Bonchev–Trinajstić information content (AvgIpc) is 3.26. The second-order valence-corrected chi connectivity index (χ2v) is 7.34. The molecule has 31 heavy (non-hydrogen) atoms. The SMILES string of the molecule is CC.CC.Cc1cc(/C=C2\SC(=O)N(c3ccccc3)C2=O)c(C)n1-c1ccccc1. The van der Waals surface area contributed by atoms with Gasteiger partial charge in [0.05, 0.1) is 10.6 Å². The molecular formula is C26H30N2O2S. The van der Waals surface area contributed by atoms with Crippen molar-refractivity contribution in [2.45, 2.75) is 41.5 Å². The van der Waals surface area contributed by atoms with Crippen LogP contribution in [0, 0.1) is 13.8 Å². The zero-order valence-electron chi connectivity index (χ0n) is 19.0. The monoisotopic (exact) mass is 434 g/mol. The van der Waals surface area contributed by atoms with Crippen molar-refractivity contribution >= 4 is 34.7 Å². The van der Waals surface area contributed by atoms with Crippen LogP contribution in [-0.4, -0.2) is 15.7 Å². The third-order valence-electron chi connectivity index (χ3n) is 4.58. The Balaban J connectivity index is 0.000000807. The van der Waals surface area contributed by atoms with Gasteiger partial charge in [0.2, 0.25) is 0 Å². The van der Waals surface area contributed by atoms with Crippen molar-refractivity contribution in [3.63, 3.8) is 0 Å². The van der Waals surface area contributed by atoms with Gasteiger partial charge < -0.3 is 4.57 Å². The summed E-state index contributed by atoms with van der Waals surface area (Å²) in [6.45, 7) is 12.1. The lowest BCUT2D eigenvalue weighted by Gasteiger charge is -2.11. The first kappa shape index (κ1) is 24.2. The number of rotatable bonds is 3. The van der Waals surface area contributed by atoms with Crippen LogP contribution in [0.3, 0.4) is 0 Å². The highest BCUT2D eigenvalue weighted by molar-refractivity contribution is 8.19. The number of anilines is 1. The summed E-state index contributed by atoms with van der Waals surface area (Å²) in [6.07, 6.45) is 1.82. The number of hydrogen-bond acceptors (Lipinski definition) is 3. The zero-order valence-corrected chi connectivity index (χ0v) is 19.9. The normalized spacial score (nSPS) is 14.1. The molecule has 3 aromatic rings. The number of benzene rings is 2. The first-order chi connectivity index (χ1) is 15.1. The third kappa shape index (κ3) is 5.17. The van der Waals surface area contributed by atoms with Gasteiger partial charge in [0.1, 0.15) is 0 Å². The molecule has 0 aliphatic carbocycles. The Morgan fingerprint density at radius 2 is 1.29 bits per heavy atom. The predicted octanol–water partition coefficient (Wildman–Crippen LogP) is 7.39. The van der Waals surface area contributed by atoms with E-state index in [0.717, 1.165) is 34.4 Å². The molecule has 1 fully saturated rings. The molecule has 2 amide bonds. The molecule has 0 unspecified atom stereocenters. The minimum Gasteiger partial charge on any atom is -0.318 e. The fourth-order valence-corrected chi connectivity index (χ4v) is 4.15. The maximum Gasteiger partial charge on any atom is 0.298 e. The van der Waals surface area contributed by atoms with Crippen LogP contribution in [-0.2, 0) is 4.79 Å². The first-order valence-corrected chi connectivity index (χ1v) is 11.5. The van der Waals surface area contributed by atoms with Gasteiger partial charge in [0.15, 0.2) is 0 Å². The molecule has 1 saturated heterocycles. The lowest BCUT2D eigenvalue weighted by molar-refractivity contribution is -0.113. The Morgan fingerprint density at radius 1 is 0.774 bits per heavy atom. The first-order valence-electron chi connectivity index (χ1n) is 10.6. The molecule has 2 heterocycles. The van der Waals surface area contributed by atoms with E-state index in [1.54, 1.807) is 12.1 Å². The Morgan fingerprint density at radius 3 is 1.84 bits per heavy atom. The molecule has 1 aliphatic rings. The molecule has 1 aliphatic heterocycles. The van der Waals surface area contributed by atoms with Crippen molar-refractivity contribution in [3.8, 4) is 5.69 Å². The van der Waals surface area contributed by atoms with Gasteiger partial charge in [-0.1, -0.05) is 64.1 Å². The number of imide groups is 1. The van der Waals surface area contributed by atoms with Gasteiger partial charge in [-0.25, -0.2) is 4.90 Å². The zero-order chi connectivity index (χ0) is 23.0. The fourth-order valence-electron chi connectivity index (χ4n) is 3.32. The van der Waals surface area contributed by atoms with Gasteiger partial charge >= 0.3 is 0 Å². The van der Waals surface area contributed by atoms with Gasteiger partial charge in [0.25, 0.3) is 11.1 Å². The minimum atomic E-state index is -0.277. The topological polar surface area (TPSA) is 42.3 Å². The smallest absolute Gasteiger partial charge is 0.298 e. The Kier molecular flexibility index (Phi) is 8.88. The van der Waals surface area contributed by atoms with E-state index in [4.69, 9.17) is 0 Å². The maximum absolute atomic E-state index is 12.8. The number of para-hydroxylation sites is 2. The van der Waals surface area contributed by atoms with E-state index < -0.39 is 0 Å². The van der Waals surface area contributed by atoms with Crippen LogP contribution in [0.5, 0.6) is 0 Å². The highest BCUT2D eigenvalue weighted by Gasteiger charge is 2.36. The van der Waals surface area contributed by atoms with Gasteiger partial charge in [-0.3, -0.25) is 9.59 Å². The highest BCUT2D eigenvalue weighted by Crippen LogP contribution is 2.36. The Labute approximate surface area is 189 Å². The van der Waals surface area contributed by atoms with Crippen LogP contribution in [0.15, 0.2) is 71.6 Å². The van der Waals surface area contributed by atoms with E-state index in [1.165, 1.54) is 4.90 Å². The number of amides is 2. The summed E-state index contributed by atoms with van der Waals surface area (Å²) in [4.78, 5) is 26.9. The number of nitrogens with zero attached hydrogens (tertiary/aromatic N) is 2. The van der Waals surface area contributed by atoms with Crippen LogP contribution >= 0.6 is 11.8 Å². The summed E-state index contributed by atoms with van der Waals surface area (Å²) in [5, 5.41) is -0.269. The third-order valence-corrected chi connectivity index (χ3v) is 5.45. The summed E-state index contributed by atoms with van der Waals surface area (Å²) >= 11 is 0.980. The van der Waals surface area contributed by atoms with E-state index in [9.17, 15) is 9.59 Å². The van der Waals surface area contributed by atoms with Gasteiger partial charge in [0, 0.05) is 17.1 Å². The van der Waals surface area contributed by atoms with Crippen molar-refractivity contribution in [1.82, 2.24) is 4.57 Å². The van der Waals surface area contributed by atoms with Crippen molar-refractivity contribution in [3.05, 3.63) is 88.6 Å². The summed E-state index contributed by atoms with van der Waals surface area (Å²) in [5.74, 6) is -0.277. The molecule has 0 radical (unpaired) electrons. The summed E-state index contributed by atoms with van der Waals surface area (Å²) in [5.41, 5.74) is 4.72. The molecule has 4 rings (SSSR count). The molecule has 0 bridgehead atoms. The number of aryl methyl sites for hydroxylation is 1. The van der Waals surface area contributed by atoms with Crippen molar-refractivity contribution in [1.29, 1.82) is 0 Å². The van der Waals surface area contributed by atoms with E-state index in [-0.39, 0.29) is 11.1 Å². The summed E-state index contributed by atoms with van der Waals surface area (Å²) < 4.78 is 2.15. The highest BCUT2D eigenvalue weighted by atomic mass is 32.2. The number of carbonyl (C=O) groups excluding carboxylic acids is 2. The molecule has 1 aromatic heterocycles. The van der Waals surface area contributed by atoms with Crippen molar-refractivity contribution in [2.75, 3.05) is 4.90 Å². The number of thioether (sulfide) groups is 1. The Hall–Kier alpha value is -3.05. The molecule has 0 spiro atoms. The van der Waals surface area contributed by atoms with Crippen LogP contribution in [0.25, 0.3) is 11.8 Å². The van der Waals surface area contributed by atoms with E-state index in [1.807, 2.05) is 102 Å². The lowest BCUT2D eigenvalue weighted by Crippen LogP contribution is -2.27. The van der Waals surface area contributed by atoms with Crippen molar-refractivity contribution in [2.24, 2.45) is 0 Å². The molecular weight excluding hydrogens is 404 g/mol. The Bertz CT molecular complexity index is 1050. The van der Waals surface area contributed by atoms with E-state index in [0.29, 0.717) is 10.6 Å². The number of carbonyl (C=O) groups is 2. The summed E-state index contributed by atoms with van der Waals surface area (Å²) in [7, 11) is 0. The number of hydrogen-bond donors (Lipinski definition) is 0. The van der Waals surface area contributed by atoms with Crippen LogP contribution < -0.4 is 4.90 Å². The van der Waals surface area contributed by atoms with Gasteiger partial charge in [-0.05, 0) is 67.6 Å². The van der Waals surface area contributed by atoms with Gasteiger partial charge in [-0.15, -0.1) is 0 Å². The fraction of sp³-hybridized carbons (Fsp3) is 0.231. The minimum absolute atomic E-state index is 0.269. The molecule has 5 heteroatoms. The molecule has 0 atom stereocenters. The molecule has 4 nitrogen and oxygen atoms in total. The standard InChI is InChI=1S/C22H18N2O2S.2C2H6/c1-15-13-17(16(2)23(15)18-9-5-3-6-10-18)14-20-21(25)24(22(26)27-20)19-11-7-4-8-12-19;2*1-2/h3-14H,1-2H3;2*1-2H3/b20-14-;;. The van der Waals surface area contributed by atoms with Gasteiger partial charge in [-0.2, -0.15) is 0 Å². The predicted molar refractivity (Wildman–Crippen MR) is 133 cm³/mol. The van der Waals surface area contributed by atoms with Crippen LogP contribution in [0.1, 0.15) is 44.6 Å². The molecule has 0 N–H and O–H groups in total. The number of aromatic nitrogens is 1. The van der Waals surface area contributed by atoms with Crippen LogP contribution in [0.4, 0.5) is 10.5 Å². The van der Waals surface area contributed by atoms with E-state index in [2.05, 4.69) is 4.57 Å². The quantitative estimate of drug-likeness (QED) is 0.404. The van der Waals surface area contributed by atoms with Crippen LogP contribution in [0.2, 0.25) is 0 Å².